The van der Waals surface area contributed by atoms with Crippen LogP contribution in [0, 0.1) is 11.8 Å². The topological polar surface area (TPSA) is 48.1 Å². The molecule has 5 atom stereocenters. The highest BCUT2D eigenvalue weighted by atomic mass is 16.2. The van der Waals surface area contributed by atoms with Crippen molar-refractivity contribution in [3.63, 3.8) is 0 Å². The maximum absolute atomic E-state index is 13.6. The van der Waals surface area contributed by atoms with Gasteiger partial charge in [-0.3, -0.25) is 4.79 Å². The number of H-pyrrole nitrogens is 1. The molecular formula is C26H35N3O. The van der Waals surface area contributed by atoms with Crippen LogP contribution in [0.5, 0.6) is 0 Å². The van der Waals surface area contributed by atoms with Gasteiger partial charge in [-0.1, -0.05) is 19.1 Å². The minimum atomic E-state index is 0.252. The summed E-state index contributed by atoms with van der Waals surface area (Å²) in [7, 11) is 2.13. The molecule has 2 aliphatic heterocycles. The van der Waals surface area contributed by atoms with E-state index in [2.05, 4.69) is 53.6 Å². The monoisotopic (exact) mass is 405 g/mol. The number of benzene rings is 1. The van der Waals surface area contributed by atoms with E-state index in [1.54, 1.807) is 0 Å². The second-order valence-corrected chi connectivity index (χ2v) is 10.9. The smallest absolute Gasteiger partial charge is 0.223 e. The lowest BCUT2D eigenvalue weighted by Crippen LogP contribution is -2.54. The molecular weight excluding hydrogens is 370 g/mol. The number of amides is 1. The van der Waals surface area contributed by atoms with E-state index >= 15 is 0 Å². The average Bonchev–Trinajstić information content (AvgIpc) is 3.51. The van der Waals surface area contributed by atoms with Gasteiger partial charge in [0.15, 0.2) is 0 Å². The molecule has 3 aliphatic carbocycles. The van der Waals surface area contributed by atoms with Crippen molar-refractivity contribution in [3.05, 3.63) is 35.5 Å². The van der Waals surface area contributed by atoms with Crippen molar-refractivity contribution >= 4 is 16.8 Å². The fraction of sp³-hybridized carbons (Fsp3) is 0.654. The van der Waals surface area contributed by atoms with Gasteiger partial charge >= 0.3 is 0 Å². The Hall–Kier alpha value is -1.81. The number of nitrogens with zero attached hydrogens (tertiary/aromatic N) is 1. The molecule has 5 fully saturated rings. The first-order chi connectivity index (χ1) is 14.5. The normalized spacial score (nSPS) is 33.8. The highest BCUT2D eigenvalue weighted by Crippen LogP contribution is 2.50. The lowest BCUT2D eigenvalue weighted by atomic mass is 9.63. The molecule has 2 aromatic rings. The SMILES string of the molecule is CNC12CC3CC(CN(C(=O)CC(C)c4c[nH]c5cccc(C6CC6)c45)C(C3)C1)C2. The first-order valence-electron chi connectivity index (χ1n) is 12.1. The molecule has 160 valence electrons. The van der Waals surface area contributed by atoms with Gasteiger partial charge < -0.3 is 15.2 Å². The summed E-state index contributed by atoms with van der Waals surface area (Å²) in [4.78, 5) is 19.4. The van der Waals surface area contributed by atoms with Gasteiger partial charge in [-0.15, -0.1) is 0 Å². The number of nitrogens with one attached hydrogen (secondary N) is 2. The molecule has 5 aliphatic rings. The summed E-state index contributed by atoms with van der Waals surface area (Å²) in [5.74, 6) is 2.84. The van der Waals surface area contributed by atoms with Crippen molar-refractivity contribution in [1.29, 1.82) is 0 Å². The molecule has 3 heterocycles. The van der Waals surface area contributed by atoms with E-state index in [1.165, 1.54) is 60.6 Å². The van der Waals surface area contributed by atoms with Gasteiger partial charge in [-0.2, -0.15) is 0 Å². The van der Waals surface area contributed by atoms with Crippen LogP contribution in [0.15, 0.2) is 24.4 Å². The van der Waals surface area contributed by atoms with Gasteiger partial charge in [0.25, 0.3) is 0 Å². The Balaban J connectivity index is 1.24. The zero-order valence-electron chi connectivity index (χ0n) is 18.4. The van der Waals surface area contributed by atoms with Gasteiger partial charge in [-0.05, 0) is 92.9 Å². The van der Waals surface area contributed by atoms with Crippen molar-refractivity contribution in [2.24, 2.45) is 11.8 Å². The highest BCUT2D eigenvalue weighted by Gasteiger charge is 2.51. The van der Waals surface area contributed by atoms with Crippen LogP contribution in [0.2, 0.25) is 0 Å². The molecule has 0 spiro atoms. The number of fused-ring (bicyclic) bond motifs is 2. The Morgan fingerprint density at radius 3 is 2.87 bits per heavy atom. The average molecular weight is 406 g/mol. The van der Waals surface area contributed by atoms with Crippen LogP contribution in [0.4, 0.5) is 0 Å². The third-order valence-corrected chi connectivity index (χ3v) is 8.80. The maximum atomic E-state index is 13.6. The summed E-state index contributed by atoms with van der Waals surface area (Å²) in [5.41, 5.74) is 4.35. The molecule has 1 amide bonds. The Bertz CT molecular complexity index is 976. The first kappa shape index (κ1) is 18.9. The summed E-state index contributed by atoms with van der Waals surface area (Å²) >= 11 is 0. The largest absolute Gasteiger partial charge is 0.361 e. The number of aromatic nitrogens is 1. The summed E-state index contributed by atoms with van der Waals surface area (Å²) in [6.45, 7) is 3.23. The molecule has 1 aromatic carbocycles. The summed E-state index contributed by atoms with van der Waals surface area (Å²) in [6, 6.07) is 7.09. The third kappa shape index (κ3) is 3.02. The van der Waals surface area contributed by atoms with Crippen molar-refractivity contribution in [3.8, 4) is 0 Å². The van der Waals surface area contributed by atoms with Crippen LogP contribution < -0.4 is 5.32 Å². The lowest BCUT2D eigenvalue weighted by Gasteiger charge is -2.48. The van der Waals surface area contributed by atoms with Gasteiger partial charge in [0.05, 0.1) is 0 Å². The van der Waals surface area contributed by atoms with E-state index in [0.717, 1.165) is 24.8 Å². The molecule has 2 saturated heterocycles. The van der Waals surface area contributed by atoms with Crippen molar-refractivity contribution in [2.75, 3.05) is 13.6 Å². The van der Waals surface area contributed by atoms with Gasteiger partial charge in [0.1, 0.15) is 0 Å². The van der Waals surface area contributed by atoms with Crippen LogP contribution >= 0.6 is 0 Å². The predicted octanol–water partition coefficient (Wildman–Crippen LogP) is 4.92. The first-order valence-corrected chi connectivity index (χ1v) is 12.1. The van der Waals surface area contributed by atoms with E-state index in [0.29, 0.717) is 24.3 Å². The number of carbonyl (C=O) groups excluding carboxylic acids is 1. The Morgan fingerprint density at radius 2 is 2.07 bits per heavy atom. The number of rotatable bonds is 5. The van der Waals surface area contributed by atoms with E-state index < -0.39 is 0 Å². The van der Waals surface area contributed by atoms with Crippen LogP contribution in [0.25, 0.3) is 10.9 Å². The number of carbonyl (C=O) groups is 1. The van der Waals surface area contributed by atoms with Crippen LogP contribution in [-0.4, -0.2) is 41.0 Å². The predicted molar refractivity (Wildman–Crippen MR) is 121 cm³/mol. The van der Waals surface area contributed by atoms with E-state index in [9.17, 15) is 4.79 Å². The van der Waals surface area contributed by atoms with E-state index in [4.69, 9.17) is 0 Å². The minimum Gasteiger partial charge on any atom is -0.361 e. The number of hydrogen-bond acceptors (Lipinski definition) is 2. The fourth-order valence-electron chi connectivity index (χ4n) is 7.36. The summed E-state index contributed by atoms with van der Waals surface area (Å²) in [5, 5.41) is 5.07. The van der Waals surface area contributed by atoms with Crippen LogP contribution in [-0.2, 0) is 4.79 Å². The second kappa shape index (κ2) is 6.85. The van der Waals surface area contributed by atoms with E-state index in [1.807, 2.05) is 0 Å². The van der Waals surface area contributed by atoms with Crippen molar-refractivity contribution in [2.45, 2.75) is 81.7 Å². The van der Waals surface area contributed by atoms with E-state index in [-0.39, 0.29) is 11.5 Å². The zero-order valence-corrected chi connectivity index (χ0v) is 18.4. The Morgan fingerprint density at radius 1 is 1.23 bits per heavy atom. The molecule has 0 radical (unpaired) electrons. The quantitative estimate of drug-likeness (QED) is 0.742. The molecule has 30 heavy (non-hydrogen) atoms. The molecule has 7 rings (SSSR count). The molecule has 1 aromatic heterocycles. The summed E-state index contributed by atoms with van der Waals surface area (Å²) < 4.78 is 0. The number of hydrogen-bond donors (Lipinski definition) is 2. The molecule has 4 bridgehead atoms. The molecule has 2 N–H and O–H groups in total. The maximum Gasteiger partial charge on any atom is 0.223 e. The van der Waals surface area contributed by atoms with Gasteiger partial charge in [0, 0.05) is 41.6 Å². The molecule has 4 heteroatoms. The molecule has 3 saturated carbocycles. The van der Waals surface area contributed by atoms with Crippen molar-refractivity contribution < 1.29 is 4.79 Å². The molecule has 5 unspecified atom stereocenters. The minimum absolute atomic E-state index is 0.252. The zero-order chi connectivity index (χ0) is 20.5. The van der Waals surface area contributed by atoms with Gasteiger partial charge in [-0.25, -0.2) is 0 Å². The standard InChI is InChI=1S/C26H35N3O/c1-16(22-14-28-23-5-3-4-21(25(22)23)19-6-7-19)8-24(30)29-15-18-9-17-10-20(29)13-26(11-17,12-18)27-2/h3-5,14,16-20,27-28H,6-13,15H2,1-2H3. The van der Waals surface area contributed by atoms with Crippen molar-refractivity contribution in [1.82, 2.24) is 15.2 Å². The second-order valence-electron chi connectivity index (χ2n) is 10.9. The van der Waals surface area contributed by atoms with Crippen LogP contribution in [0.1, 0.15) is 81.3 Å². The van der Waals surface area contributed by atoms with Crippen LogP contribution in [0.3, 0.4) is 0 Å². The Labute approximate surface area is 179 Å². The third-order valence-electron chi connectivity index (χ3n) is 8.80. The lowest BCUT2D eigenvalue weighted by molar-refractivity contribution is -0.134. The highest BCUT2D eigenvalue weighted by molar-refractivity contribution is 5.89. The fourth-order valence-corrected chi connectivity index (χ4v) is 7.36. The van der Waals surface area contributed by atoms with Gasteiger partial charge in [0.2, 0.25) is 5.91 Å². The molecule has 4 nitrogen and oxygen atoms in total. The summed E-state index contributed by atoms with van der Waals surface area (Å²) in [6.07, 6.45) is 11.7. The number of aromatic amines is 1. The Kier molecular flexibility index (Phi) is 4.32.